The Morgan fingerprint density at radius 2 is 2.33 bits per heavy atom. The number of hydrogen-bond donors (Lipinski definition) is 1. The molecule has 15 heavy (non-hydrogen) atoms. The lowest BCUT2D eigenvalue weighted by atomic mass is 9.92. The summed E-state index contributed by atoms with van der Waals surface area (Å²) in [7, 11) is 1.35. The van der Waals surface area contributed by atoms with Crippen LogP contribution in [0, 0.1) is 6.92 Å². The molecule has 82 valence electrons. The summed E-state index contributed by atoms with van der Waals surface area (Å²) in [5, 5.41) is 0. The summed E-state index contributed by atoms with van der Waals surface area (Å²) < 4.78 is 10.1. The van der Waals surface area contributed by atoms with Gasteiger partial charge < -0.3 is 14.9 Å². The number of carbonyl (C=O) groups is 1. The van der Waals surface area contributed by atoms with Gasteiger partial charge in [-0.15, -0.1) is 0 Å². The highest BCUT2D eigenvalue weighted by molar-refractivity contribution is 5.78. The van der Waals surface area contributed by atoms with Gasteiger partial charge in [0.25, 0.3) is 0 Å². The molecule has 1 aromatic heterocycles. The van der Waals surface area contributed by atoms with Crippen molar-refractivity contribution in [2.24, 2.45) is 5.73 Å². The van der Waals surface area contributed by atoms with Crippen molar-refractivity contribution in [3.05, 3.63) is 23.7 Å². The quantitative estimate of drug-likeness (QED) is 0.757. The van der Waals surface area contributed by atoms with Gasteiger partial charge in [0.05, 0.1) is 18.8 Å². The van der Waals surface area contributed by atoms with Crippen LogP contribution in [-0.4, -0.2) is 19.1 Å². The average molecular weight is 209 g/mol. The maximum Gasteiger partial charge on any atom is 0.323 e. The summed E-state index contributed by atoms with van der Waals surface area (Å²) >= 11 is 0. The Morgan fingerprint density at radius 3 is 2.73 bits per heavy atom. The Balaban J connectivity index is 2.28. The Labute approximate surface area is 88.4 Å². The van der Waals surface area contributed by atoms with Gasteiger partial charge in [0.2, 0.25) is 0 Å². The van der Waals surface area contributed by atoms with E-state index in [1.165, 1.54) is 7.11 Å². The van der Waals surface area contributed by atoms with E-state index in [-0.39, 0.29) is 11.4 Å². The fraction of sp³-hybridized carbons (Fsp3) is 0.545. The van der Waals surface area contributed by atoms with E-state index in [1.807, 2.05) is 13.0 Å². The second-order valence-corrected chi connectivity index (χ2v) is 4.09. The van der Waals surface area contributed by atoms with E-state index in [4.69, 9.17) is 10.2 Å². The molecule has 1 aliphatic carbocycles. The van der Waals surface area contributed by atoms with E-state index >= 15 is 0 Å². The number of esters is 1. The topological polar surface area (TPSA) is 65.5 Å². The van der Waals surface area contributed by atoms with Crippen molar-refractivity contribution in [1.29, 1.82) is 0 Å². The lowest BCUT2D eigenvalue weighted by Gasteiger charge is -2.19. The smallest absolute Gasteiger partial charge is 0.323 e. The summed E-state index contributed by atoms with van der Waals surface area (Å²) in [4.78, 5) is 11.4. The lowest BCUT2D eigenvalue weighted by Crippen LogP contribution is -2.42. The van der Waals surface area contributed by atoms with Crippen LogP contribution in [0.15, 0.2) is 16.7 Å². The first-order valence-electron chi connectivity index (χ1n) is 5.00. The van der Waals surface area contributed by atoms with Gasteiger partial charge >= 0.3 is 5.97 Å². The molecule has 0 aromatic carbocycles. The first-order valence-corrected chi connectivity index (χ1v) is 5.00. The number of aryl methyl sites for hydroxylation is 1. The van der Waals surface area contributed by atoms with Crippen molar-refractivity contribution in [3.63, 3.8) is 0 Å². The normalized spacial score (nSPS) is 19.7. The molecule has 0 radical (unpaired) electrons. The minimum atomic E-state index is -0.618. The van der Waals surface area contributed by atoms with Gasteiger partial charge in [-0.2, -0.15) is 0 Å². The molecule has 1 heterocycles. The molecule has 0 saturated heterocycles. The van der Waals surface area contributed by atoms with Crippen LogP contribution in [-0.2, 0) is 14.9 Å². The Hall–Kier alpha value is -1.29. The summed E-state index contributed by atoms with van der Waals surface area (Å²) in [6.45, 7) is 1.96. The van der Waals surface area contributed by atoms with Crippen molar-refractivity contribution in [2.75, 3.05) is 7.11 Å². The van der Waals surface area contributed by atoms with Crippen LogP contribution in [0.4, 0.5) is 0 Å². The predicted molar refractivity (Wildman–Crippen MR) is 54.3 cm³/mol. The second-order valence-electron chi connectivity index (χ2n) is 4.09. The summed E-state index contributed by atoms with van der Waals surface area (Å²) in [6.07, 6.45) is 3.41. The Morgan fingerprint density at radius 1 is 1.67 bits per heavy atom. The van der Waals surface area contributed by atoms with Crippen molar-refractivity contribution in [3.8, 4) is 0 Å². The molecular weight excluding hydrogens is 194 g/mol. The molecule has 4 nitrogen and oxygen atoms in total. The average Bonchev–Trinajstić information content (AvgIpc) is 2.94. The summed E-state index contributed by atoms with van der Waals surface area (Å²) in [6, 6.07) is 1.27. The Bertz CT molecular complexity index is 379. The first-order chi connectivity index (χ1) is 7.12. The maximum atomic E-state index is 11.4. The molecule has 1 saturated carbocycles. The number of furan rings is 1. The van der Waals surface area contributed by atoms with Crippen LogP contribution in [0.1, 0.15) is 24.2 Å². The van der Waals surface area contributed by atoms with Crippen molar-refractivity contribution in [2.45, 2.75) is 31.2 Å². The largest absolute Gasteiger partial charge is 0.468 e. The van der Waals surface area contributed by atoms with E-state index in [2.05, 4.69) is 4.74 Å². The number of methoxy groups -OCH3 is 1. The molecule has 4 heteroatoms. The summed E-state index contributed by atoms with van der Waals surface area (Å²) in [5.74, 6) is 0.462. The summed E-state index contributed by atoms with van der Waals surface area (Å²) in [5.41, 5.74) is 6.62. The molecule has 2 N–H and O–H groups in total. The number of rotatable bonds is 3. The minimum absolute atomic E-state index is 0.319. The first kappa shape index (κ1) is 10.2. The zero-order valence-corrected chi connectivity index (χ0v) is 8.95. The van der Waals surface area contributed by atoms with Gasteiger partial charge in [-0.3, -0.25) is 4.79 Å². The highest BCUT2D eigenvalue weighted by Gasteiger charge is 2.55. The molecule has 0 amide bonds. The number of nitrogens with two attached hydrogens (primary N) is 1. The monoisotopic (exact) mass is 209 g/mol. The number of ether oxygens (including phenoxy) is 1. The van der Waals surface area contributed by atoms with E-state index in [9.17, 15) is 4.79 Å². The van der Waals surface area contributed by atoms with Gasteiger partial charge in [0.15, 0.2) is 0 Å². The van der Waals surface area contributed by atoms with Crippen LogP contribution in [0.5, 0.6) is 0 Å². The van der Waals surface area contributed by atoms with Gasteiger partial charge in [0.1, 0.15) is 11.8 Å². The minimum Gasteiger partial charge on any atom is -0.468 e. The van der Waals surface area contributed by atoms with Gasteiger partial charge in [-0.25, -0.2) is 0 Å². The molecule has 1 unspecified atom stereocenters. The molecule has 0 aliphatic heterocycles. The third kappa shape index (κ3) is 1.45. The second kappa shape index (κ2) is 3.38. The fourth-order valence-corrected chi connectivity index (χ4v) is 2.05. The third-order valence-electron chi connectivity index (χ3n) is 3.15. The van der Waals surface area contributed by atoms with Gasteiger partial charge in [-0.05, 0) is 31.4 Å². The Kier molecular flexibility index (Phi) is 2.31. The van der Waals surface area contributed by atoms with Crippen molar-refractivity contribution in [1.82, 2.24) is 0 Å². The third-order valence-corrected chi connectivity index (χ3v) is 3.15. The molecular formula is C11H15NO3. The van der Waals surface area contributed by atoms with E-state index in [0.717, 1.165) is 24.2 Å². The number of hydrogen-bond acceptors (Lipinski definition) is 4. The van der Waals surface area contributed by atoms with Crippen LogP contribution < -0.4 is 5.73 Å². The molecule has 1 aliphatic rings. The van der Waals surface area contributed by atoms with Crippen LogP contribution >= 0.6 is 0 Å². The predicted octanol–water partition coefficient (Wildman–Crippen LogP) is 1.12. The molecule has 2 rings (SSSR count). The maximum absolute atomic E-state index is 11.4. The molecule has 1 aromatic rings. The number of carbonyl (C=O) groups excluding carboxylic acids is 1. The SMILES string of the molecule is COC(=O)C(N)C1(c2occc2C)CC1. The highest BCUT2D eigenvalue weighted by Crippen LogP contribution is 2.51. The van der Waals surface area contributed by atoms with Crippen LogP contribution in [0.3, 0.4) is 0 Å². The van der Waals surface area contributed by atoms with E-state index in [0.29, 0.717) is 0 Å². The lowest BCUT2D eigenvalue weighted by molar-refractivity contribution is -0.143. The van der Waals surface area contributed by atoms with Gasteiger partial charge in [0, 0.05) is 0 Å². The van der Waals surface area contributed by atoms with Crippen LogP contribution in [0.25, 0.3) is 0 Å². The molecule has 0 bridgehead atoms. The zero-order chi connectivity index (χ0) is 11.1. The van der Waals surface area contributed by atoms with Crippen LogP contribution in [0.2, 0.25) is 0 Å². The van der Waals surface area contributed by atoms with Gasteiger partial charge in [-0.1, -0.05) is 0 Å². The standard InChI is InChI=1S/C11H15NO3/c1-7-3-6-15-9(7)11(4-5-11)8(12)10(13)14-2/h3,6,8H,4-5,12H2,1-2H3. The molecule has 1 fully saturated rings. The zero-order valence-electron chi connectivity index (χ0n) is 8.95. The molecule has 1 atom stereocenters. The molecule has 0 spiro atoms. The van der Waals surface area contributed by atoms with E-state index < -0.39 is 6.04 Å². The highest BCUT2D eigenvalue weighted by atomic mass is 16.5. The fourth-order valence-electron chi connectivity index (χ4n) is 2.05. The van der Waals surface area contributed by atoms with Crippen molar-refractivity contribution >= 4 is 5.97 Å². The van der Waals surface area contributed by atoms with Crippen molar-refractivity contribution < 1.29 is 13.9 Å². The van der Waals surface area contributed by atoms with E-state index in [1.54, 1.807) is 6.26 Å².